The number of nitrogens with zero attached hydrogens (tertiary/aromatic N) is 3. The summed E-state index contributed by atoms with van der Waals surface area (Å²) < 4.78 is 0. The van der Waals surface area contributed by atoms with Crippen LogP contribution in [0.4, 0.5) is 11.4 Å². The van der Waals surface area contributed by atoms with E-state index >= 15 is 0 Å². The summed E-state index contributed by atoms with van der Waals surface area (Å²) in [6.07, 6.45) is 1.72. The summed E-state index contributed by atoms with van der Waals surface area (Å²) in [7, 11) is 0. The molecule has 0 N–H and O–H groups in total. The van der Waals surface area contributed by atoms with Crippen LogP contribution in [0.25, 0.3) is 6.08 Å². The van der Waals surface area contributed by atoms with E-state index in [2.05, 4.69) is 4.99 Å². The number of benzene rings is 3. The molecule has 1 aliphatic rings. The molecule has 29 heavy (non-hydrogen) atoms. The normalized spacial score (nSPS) is 14.9. The maximum atomic E-state index is 13.3. The number of carbonyl (C=O) groups is 1. The van der Waals surface area contributed by atoms with Gasteiger partial charge in [0.15, 0.2) is 0 Å². The molecule has 1 amide bonds. The van der Waals surface area contributed by atoms with E-state index in [9.17, 15) is 14.9 Å². The van der Waals surface area contributed by atoms with E-state index in [1.54, 1.807) is 12.1 Å². The molecule has 0 saturated carbocycles. The topological polar surface area (TPSA) is 75.8 Å². The first-order valence-corrected chi connectivity index (χ1v) is 9.05. The average Bonchev–Trinajstić information content (AvgIpc) is 3.05. The number of hydrogen-bond donors (Lipinski definition) is 0. The number of amides is 1. The van der Waals surface area contributed by atoms with E-state index in [1.165, 1.54) is 17.0 Å². The van der Waals surface area contributed by atoms with Gasteiger partial charge in [0.1, 0.15) is 11.5 Å². The van der Waals surface area contributed by atoms with Gasteiger partial charge in [-0.15, -0.1) is 0 Å². The number of non-ortho nitro benzene ring substituents is 1. The predicted molar refractivity (Wildman–Crippen MR) is 113 cm³/mol. The fourth-order valence-corrected chi connectivity index (χ4v) is 3.18. The Kier molecular flexibility index (Phi) is 4.75. The van der Waals surface area contributed by atoms with Gasteiger partial charge in [-0.2, -0.15) is 0 Å². The highest BCUT2D eigenvalue weighted by molar-refractivity contribution is 6.33. The highest BCUT2D eigenvalue weighted by Crippen LogP contribution is 2.32. The number of nitro groups is 1. The number of hydrogen-bond acceptors (Lipinski definition) is 4. The van der Waals surface area contributed by atoms with Crippen LogP contribution in [0.1, 0.15) is 16.7 Å². The lowest BCUT2D eigenvalue weighted by atomic mass is 10.1. The summed E-state index contributed by atoms with van der Waals surface area (Å²) in [5.41, 5.74) is 3.00. The van der Waals surface area contributed by atoms with Crippen molar-refractivity contribution in [3.8, 4) is 0 Å². The van der Waals surface area contributed by atoms with Crippen molar-refractivity contribution in [3.63, 3.8) is 0 Å². The Balaban J connectivity index is 1.87. The third-order valence-corrected chi connectivity index (χ3v) is 4.64. The molecular formula is C23H17N3O3. The highest BCUT2D eigenvalue weighted by atomic mass is 16.6. The number of amidine groups is 1. The van der Waals surface area contributed by atoms with E-state index in [4.69, 9.17) is 0 Å². The molecule has 3 aromatic carbocycles. The van der Waals surface area contributed by atoms with Crippen LogP contribution < -0.4 is 4.90 Å². The van der Waals surface area contributed by atoms with Crippen LogP contribution in [0.15, 0.2) is 89.6 Å². The molecule has 6 heteroatoms. The van der Waals surface area contributed by atoms with Crippen molar-refractivity contribution in [2.75, 3.05) is 4.90 Å². The van der Waals surface area contributed by atoms with Crippen LogP contribution in [0.3, 0.4) is 0 Å². The third-order valence-electron chi connectivity index (χ3n) is 4.64. The maximum absolute atomic E-state index is 13.3. The van der Waals surface area contributed by atoms with Crippen LogP contribution >= 0.6 is 0 Å². The summed E-state index contributed by atoms with van der Waals surface area (Å²) in [5.74, 6) is 0.123. The van der Waals surface area contributed by atoms with E-state index in [0.717, 1.165) is 16.7 Å². The molecule has 3 aromatic rings. The van der Waals surface area contributed by atoms with Gasteiger partial charge in [-0.3, -0.25) is 19.8 Å². The highest BCUT2D eigenvalue weighted by Gasteiger charge is 2.34. The standard InChI is InChI=1S/C23H17N3O3/c1-16-12-13-19(26(28)29)15-21(16)25-22(18-10-6-3-7-11-18)24-20(23(25)27)14-17-8-4-2-5-9-17/h2-15H,1H3. The van der Waals surface area contributed by atoms with E-state index < -0.39 is 4.92 Å². The van der Waals surface area contributed by atoms with Crippen LogP contribution in [-0.2, 0) is 4.79 Å². The Morgan fingerprint density at radius 2 is 1.62 bits per heavy atom. The Bertz CT molecular complexity index is 1150. The van der Waals surface area contributed by atoms with Crippen molar-refractivity contribution in [2.24, 2.45) is 4.99 Å². The van der Waals surface area contributed by atoms with Gasteiger partial charge in [0.05, 0.1) is 10.6 Å². The van der Waals surface area contributed by atoms with Crippen molar-refractivity contribution < 1.29 is 9.72 Å². The van der Waals surface area contributed by atoms with Gasteiger partial charge in [-0.25, -0.2) is 4.99 Å². The summed E-state index contributed by atoms with van der Waals surface area (Å²) in [4.78, 5) is 30.2. The van der Waals surface area contributed by atoms with Crippen molar-refractivity contribution in [2.45, 2.75) is 6.92 Å². The number of aliphatic imine (C=N–C) groups is 1. The first kappa shape index (κ1) is 18.3. The molecule has 0 unspecified atom stereocenters. The quantitative estimate of drug-likeness (QED) is 0.371. The zero-order chi connectivity index (χ0) is 20.4. The van der Waals surface area contributed by atoms with Crippen molar-refractivity contribution in [1.82, 2.24) is 0 Å². The second-order valence-electron chi connectivity index (χ2n) is 6.61. The van der Waals surface area contributed by atoms with E-state index in [1.807, 2.05) is 67.6 Å². The largest absolute Gasteiger partial charge is 0.282 e. The number of anilines is 1. The molecule has 6 nitrogen and oxygen atoms in total. The fraction of sp³-hybridized carbons (Fsp3) is 0.0435. The molecule has 1 heterocycles. The van der Waals surface area contributed by atoms with Gasteiger partial charge < -0.3 is 0 Å². The van der Waals surface area contributed by atoms with Crippen molar-refractivity contribution >= 4 is 29.2 Å². The van der Waals surface area contributed by atoms with E-state index in [-0.39, 0.29) is 17.3 Å². The molecular weight excluding hydrogens is 366 g/mol. The maximum Gasteiger partial charge on any atom is 0.282 e. The number of nitro benzene ring substituents is 1. The van der Waals surface area contributed by atoms with Gasteiger partial charge >= 0.3 is 0 Å². The summed E-state index contributed by atoms with van der Waals surface area (Å²) in [6.45, 7) is 1.81. The molecule has 0 saturated heterocycles. The minimum atomic E-state index is -0.469. The first-order chi connectivity index (χ1) is 14.0. The first-order valence-electron chi connectivity index (χ1n) is 9.05. The van der Waals surface area contributed by atoms with Crippen LogP contribution in [-0.4, -0.2) is 16.7 Å². The number of aryl methyl sites for hydroxylation is 1. The van der Waals surface area contributed by atoms with Crippen molar-refractivity contribution in [1.29, 1.82) is 0 Å². The van der Waals surface area contributed by atoms with Crippen molar-refractivity contribution in [3.05, 3.63) is 111 Å². The second kappa shape index (κ2) is 7.52. The zero-order valence-electron chi connectivity index (χ0n) is 15.6. The Morgan fingerprint density at radius 3 is 2.28 bits per heavy atom. The fourth-order valence-electron chi connectivity index (χ4n) is 3.18. The van der Waals surface area contributed by atoms with Gasteiger partial charge in [-0.05, 0) is 24.1 Å². The summed E-state index contributed by atoms with van der Waals surface area (Å²) in [6, 6.07) is 23.2. The molecule has 1 aliphatic heterocycles. The lowest BCUT2D eigenvalue weighted by Gasteiger charge is -2.20. The molecule has 0 aromatic heterocycles. The Labute approximate surface area is 167 Å². The molecule has 0 bridgehead atoms. The summed E-state index contributed by atoms with van der Waals surface area (Å²) in [5, 5.41) is 11.3. The third kappa shape index (κ3) is 3.55. The van der Waals surface area contributed by atoms with E-state index in [0.29, 0.717) is 11.5 Å². The minimum Gasteiger partial charge on any atom is -0.266 e. The zero-order valence-corrected chi connectivity index (χ0v) is 15.6. The van der Waals surface area contributed by atoms with Gasteiger partial charge in [0.25, 0.3) is 11.6 Å². The number of rotatable bonds is 4. The van der Waals surface area contributed by atoms with Crippen LogP contribution in [0, 0.1) is 17.0 Å². The van der Waals surface area contributed by atoms with Gasteiger partial charge in [-0.1, -0.05) is 66.7 Å². The number of carbonyl (C=O) groups excluding carboxylic acids is 1. The van der Waals surface area contributed by atoms with Crippen LogP contribution in [0.2, 0.25) is 0 Å². The Morgan fingerprint density at radius 1 is 0.966 bits per heavy atom. The van der Waals surface area contributed by atoms with Crippen LogP contribution in [0.5, 0.6) is 0 Å². The molecule has 0 aliphatic carbocycles. The lowest BCUT2D eigenvalue weighted by molar-refractivity contribution is -0.384. The minimum absolute atomic E-state index is 0.0775. The Hall–Kier alpha value is -4.06. The van der Waals surface area contributed by atoms with Gasteiger partial charge in [0.2, 0.25) is 0 Å². The molecule has 0 fully saturated rings. The molecule has 4 rings (SSSR count). The predicted octanol–water partition coefficient (Wildman–Crippen LogP) is 4.74. The molecule has 0 atom stereocenters. The lowest BCUT2D eigenvalue weighted by Crippen LogP contribution is -2.33. The second-order valence-corrected chi connectivity index (χ2v) is 6.61. The average molecular weight is 383 g/mol. The van der Waals surface area contributed by atoms with Gasteiger partial charge in [0, 0.05) is 17.7 Å². The molecule has 0 spiro atoms. The monoisotopic (exact) mass is 383 g/mol. The molecule has 142 valence electrons. The SMILES string of the molecule is Cc1ccc([N+](=O)[O-])cc1N1C(=O)C(=Cc2ccccc2)N=C1c1ccccc1. The molecule has 0 radical (unpaired) electrons. The summed E-state index contributed by atoms with van der Waals surface area (Å²) >= 11 is 0. The smallest absolute Gasteiger partial charge is 0.266 e.